The Bertz CT molecular complexity index is 377. The summed E-state index contributed by atoms with van der Waals surface area (Å²) in [5, 5.41) is 9.50. The van der Waals surface area contributed by atoms with Crippen molar-refractivity contribution in [3.8, 4) is 5.75 Å². The Morgan fingerprint density at radius 3 is 2.61 bits per heavy atom. The first-order valence-electron chi connectivity index (χ1n) is 6.69. The van der Waals surface area contributed by atoms with Crippen LogP contribution in [0.1, 0.15) is 36.5 Å². The number of aryl methyl sites for hydroxylation is 3. The number of hydrogen-bond donors (Lipinski definition) is 2. The second-order valence-electron chi connectivity index (χ2n) is 4.82. The Kier molecular flexibility index (Phi) is 6.16. The van der Waals surface area contributed by atoms with Gasteiger partial charge in [0.2, 0.25) is 0 Å². The molecule has 0 aliphatic carbocycles. The van der Waals surface area contributed by atoms with Gasteiger partial charge in [-0.3, -0.25) is 0 Å². The van der Waals surface area contributed by atoms with Crippen LogP contribution in [-0.2, 0) is 6.42 Å². The zero-order valence-electron chi connectivity index (χ0n) is 11.7. The summed E-state index contributed by atoms with van der Waals surface area (Å²) < 4.78 is 5.70. The predicted octanol–water partition coefficient (Wildman–Crippen LogP) is 2.34. The lowest BCUT2D eigenvalue weighted by molar-refractivity contribution is 0.173. The maximum Gasteiger partial charge on any atom is 0.122 e. The first-order chi connectivity index (χ1) is 8.58. The van der Waals surface area contributed by atoms with E-state index in [1.165, 1.54) is 11.1 Å². The van der Waals surface area contributed by atoms with Crippen LogP contribution in [0, 0.1) is 13.8 Å². The van der Waals surface area contributed by atoms with Gasteiger partial charge in [0.1, 0.15) is 5.75 Å². The third kappa shape index (κ3) is 4.31. The Labute approximate surface area is 110 Å². The number of aliphatic hydroxyl groups is 1. The van der Waals surface area contributed by atoms with Crippen LogP contribution >= 0.6 is 0 Å². The van der Waals surface area contributed by atoms with E-state index in [9.17, 15) is 5.11 Å². The summed E-state index contributed by atoms with van der Waals surface area (Å²) in [6.45, 7) is 7.34. The second kappa shape index (κ2) is 7.39. The summed E-state index contributed by atoms with van der Waals surface area (Å²) in [5.74, 6) is 0.970. The molecule has 0 heterocycles. The molecule has 1 aromatic carbocycles. The second-order valence-corrected chi connectivity index (χ2v) is 4.82. The molecule has 0 aromatic heterocycles. The van der Waals surface area contributed by atoms with Crippen LogP contribution in [0.3, 0.4) is 0 Å². The number of ether oxygens (including phenoxy) is 1. The van der Waals surface area contributed by atoms with Crippen molar-refractivity contribution in [2.75, 3.05) is 13.2 Å². The van der Waals surface area contributed by atoms with E-state index in [4.69, 9.17) is 10.5 Å². The first-order valence-corrected chi connectivity index (χ1v) is 6.69. The Hall–Kier alpha value is -1.06. The van der Waals surface area contributed by atoms with Crippen LogP contribution < -0.4 is 10.5 Å². The van der Waals surface area contributed by atoms with Crippen molar-refractivity contribution in [1.29, 1.82) is 0 Å². The average molecular weight is 251 g/mol. The SMILES string of the molecule is CCCOc1cc(C)c(CCC(O)CN)cc1C. The smallest absolute Gasteiger partial charge is 0.122 e. The molecule has 3 heteroatoms. The third-order valence-corrected chi connectivity index (χ3v) is 3.11. The van der Waals surface area contributed by atoms with Gasteiger partial charge in [0.05, 0.1) is 12.7 Å². The number of rotatable bonds is 7. The number of benzene rings is 1. The van der Waals surface area contributed by atoms with Crippen molar-refractivity contribution in [3.63, 3.8) is 0 Å². The van der Waals surface area contributed by atoms with E-state index in [1.807, 2.05) is 0 Å². The van der Waals surface area contributed by atoms with Crippen molar-refractivity contribution in [2.45, 2.75) is 46.1 Å². The van der Waals surface area contributed by atoms with Gasteiger partial charge in [0.15, 0.2) is 0 Å². The molecule has 0 aliphatic rings. The highest BCUT2D eigenvalue weighted by Crippen LogP contribution is 2.24. The molecule has 102 valence electrons. The molecular weight excluding hydrogens is 226 g/mol. The molecule has 0 fully saturated rings. The van der Waals surface area contributed by atoms with E-state index in [1.54, 1.807) is 0 Å². The molecule has 1 unspecified atom stereocenters. The van der Waals surface area contributed by atoms with Gasteiger partial charge in [-0.1, -0.05) is 13.0 Å². The highest BCUT2D eigenvalue weighted by Gasteiger charge is 2.08. The van der Waals surface area contributed by atoms with Crippen molar-refractivity contribution in [3.05, 3.63) is 28.8 Å². The van der Waals surface area contributed by atoms with Crippen molar-refractivity contribution in [1.82, 2.24) is 0 Å². The normalized spacial score (nSPS) is 12.5. The van der Waals surface area contributed by atoms with E-state index in [2.05, 4.69) is 32.9 Å². The van der Waals surface area contributed by atoms with Gasteiger partial charge in [-0.05, 0) is 55.9 Å². The molecule has 0 aliphatic heterocycles. The highest BCUT2D eigenvalue weighted by atomic mass is 16.5. The molecule has 1 aromatic rings. The molecule has 1 atom stereocenters. The Morgan fingerprint density at radius 1 is 1.28 bits per heavy atom. The van der Waals surface area contributed by atoms with E-state index in [0.29, 0.717) is 13.0 Å². The van der Waals surface area contributed by atoms with Gasteiger partial charge in [0.25, 0.3) is 0 Å². The van der Waals surface area contributed by atoms with Crippen molar-refractivity contribution >= 4 is 0 Å². The maximum atomic E-state index is 9.50. The van der Waals surface area contributed by atoms with Crippen LogP contribution in [0.15, 0.2) is 12.1 Å². The number of nitrogens with two attached hydrogens (primary N) is 1. The van der Waals surface area contributed by atoms with E-state index < -0.39 is 6.10 Å². The fourth-order valence-corrected chi connectivity index (χ4v) is 1.93. The monoisotopic (exact) mass is 251 g/mol. The van der Waals surface area contributed by atoms with Crippen LogP contribution in [0.25, 0.3) is 0 Å². The summed E-state index contributed by atoms with van der Waals surface area (Å²) in [4.78, 5) is 0. The molecule has 0 radical (unpaired) electrons. The van der Waals surface area contributed by atoms with Gasteiger partial charge in [0, 0.05) is 6.54 Å². The fraction of sp³-hybridized carbons (Fsp3) is 0.600. The molecule has 18 heavy (non-hydrogen) atoms. The zero-order chi connectivity index (χ0) is 13.5. The van der Waals surface area contributed by atoms with E-state index in [-0.39, 0.29) is 0 Å². The van der Waals surface area contributed by atoms with Gasteiger partial charge in [-0.25, -0.2) is 0 Å². The minimum absolute atomic E-state index is 0.329. The summed E-state index contributed by atoms with van der Waals surface area (Å²) in [6.07, 6.45) is 2.19. The minimum atomic E-state index is -0.402. The van der Waals surface area contributed by atoms with E-state index in [0.717, 1.165) is 30.8 Å². The third-order valence-electron chi connectivity index (χ3n) is 3.11. The molecule has 0 saturated heterocycles. The van der Waals surface area contributed by atoms with Crippen LogP contribution in [0.2, 0.25) is 0 Å². The van der Waals surface area contributed by atoms with E-state index >= 15 is 0 Å². The standard InChI is InChI=1S/C15H25NO2/c1-4-7-18-15-9-11(2)13(8-12(15)3)5-6-14(17)10-16/h8-9,14,17H,4-7,10,16H2,1-3H3. The topological polar surface area (TPSA) is 55.5 Å². The lowest BCUT2D eigenvalue weighted by Crippen LogP contribution is -2.20. The van der Waals surface area contributed by atoms with Crippen LogP contribution in [0.5, 0.6) is 5.75 Å². The van der Waals surface area contributed by atoms with Crippen molar-refractivity contribution < 1.29 is 9.84 Å². The zero-order valence-corrected chi connectivity index (χ0v) is 11.7. The molecule has 0 amide bonds. The average Bonchev–Trinajstić information content (AvgIpc) is 2.37. The van der Waals surface area contributed by atoms with Gasteiger partial charge >= 0.3 is 0 Å². The van der Waals surface area contributed by atoms with Crippen LogP contribution in [0.4, 0.5) is 0 Å². The number of hydrogen-bond acceptors (Lipinski definition) is 3. The summed E-state index contributed by atoms with van der Waals surface area (Å²) in [6, 6.07) is 4.25. The highest BCUT2D eigenvalue weighted by molar-refractivity contribution is 5.41. The van der Waals surface area contributed by atoms with Gasteiger partial charge in [-0.2, -0.15) is 0 Å². The molecule has 0 saturated carbocycles. The lowest BCUT2D eigenvalue weighted by atomic mass is 9.99. The molecule has 3 N–H and O–H groups in total. The fourth-order valence-electron chi connectivity index (χ4n) is 1.93. The summed E-state index contributed by atoms with van der Waals surface area (Å²) in [5.41, 5.74) is 9.06. The summed E-state index contributed by atoms with van der Waals surface area (Å²) >= 11 is 0. The Morgan fingerprint density at radius 2 is 2.00 bits per heavy atom. The largest absolute Gasteiger partial charge is 0.493 e. The quantitative estimate of drug-likeness (QED) is 0.782. The molecule has 0 spiro atoms. The van der Waals surface area contributed by atoms with Crippen molar-refractivity contribution in [2.24, 2.45) is 5.73 Å². The molecule has 0 bridgehead atoms. The maximum absolute atomic E-state index is 9.50. The lowest BCUT2D eigenvalue weighted by Gasteiger charge is -2.14. The molecular formula is C15H25NO2. The van der Waals surface area contributed by atoms with Gasteiger partial charge in [-0.15, -0.1) is 0 Å². The minimum Gasteiger partial charge on any atom is -0.493 e. The number of aliphatic hydroxyl groups excluding tert-OH is 1. The predicted molar refractivity (Wildman–Crippen MR) is 75.1 cm³/mol. The van der Waals surface area contributed by atoms with Crippen LogP contribution in [-0.4, -0.2) is 24.4 Å². The molecule has 3 nitrogen and oxygen atoms in total. The molecule has 1 rings (SSSR count). The van der Waals surface area contributed by atoms with Gasteiger partial charge < -0.3 is 15.6 Å². The first kappa shape index (κ1) is 15.0. The summed E-state index contributed by atoms with van der Waals surface area (Å²) in [7, 11) is 0. The Balaban J connectivity index is 2.73.